The molecule has 0 aliphatic heterocycles. The molecule has 2 aromatic heterocycles. The fourth-order valence-corrected chi connectivity index (χ4v) is 4.24. The van der Waals surface area contributed by atoms with Crippen LogP contribution in [0.15, 0.2) is 108 Å². The Kier molecular flexibility index (Phi) is 16.2. The van der Waals surface area contributed by atoms with Crippen molar-refractivity contribution in [2.45, 2.75) is 13.1 Å². The predicted octanol–water partition coefficient (Wildman–Crippen LogP) is 5.77. The standard InChI is InChI=1S/C30H28N10.4ClH/c31-29(35-17-21-9-5-7-15-33-21)39-37-19-27-23-11-1-2-12-24(23)28(26-14-4-3-13-25(26)27)20-38-40-30(32)36-18-22-10-6-8-16-34-22;;;;/h1-16,19-20H,17-18H2,(H3,31,35,39)(H3,32,36,40);4*1H. The van der Waals surface area contributed by atoms with Gasteiger partial charge in [0.2, 0.25) is 11.9 Å². The summed E-state index contributed by atoms with van der Waals surface area (Å²) in [6, 6.07) is 27.4. The van der Waals surface area contributed by atoms with Crippen LogP contribution in [0.4, 0.5) is 0 Å². The van der Waals surface area contributed by atoms with Gasteiger partial charge in [0.1, 0.15) is 0 Å². The van der Waals surface area contributed by atoms with Crippen molar-refractivity contribution >= 4 is 95.5 Å². The maximum absolute atomic E-state index is 8.14. The Balaban J connectivity index is 0.00000242. The van der Waals surface area contributed by atoms with E-state index in [-0.39, 0.29) is 61.5 Å². The summed E-state index contributed by atoms with van der Waals surface area (Å²) in [5.41, 5.74) is 9.03. The lowest BCUT2D eigenvalue weighted by Crippen LogP contribution is -2.32. The van der Waals surface area contributed by atoms with E-state index in [1.807, 2.05) is 84.9 Å². The van der Waals surface area contributed by atoms with Crippen molar-refractivity contribution in [1.82, 2.24) is 31.5 Å². The maximum Gasteiger partial charge on any atom is 0.209 e. The first-order chi connectivity index (χ1) is 19.7. The van der Waals surface area contributed by atoms with Gasteiger partial charge in [-0.1, -0.05) is 60.7 Å². The molecule has 44 heavy (non-hydrogen) atoms. The third-order valence-corrected chi connectivity index (χ3v) is 6.10. The molecule has 0 radical (unpaired) electrons. The number of hydrogen-bond donors (Lipinski definition) is 6. The van der Waals surface area contributed by atoms with E-state index in [4.69, 9.17) is 10.8 Å². The van der Waals surface area contributed by atoms with Gasteiger partial charge in [-0.15, -0.1) is 49.6 Å². The summed E-state index contributed by atoms with van der Waals surface area (Å²) in [7, 11) is 0. The Bertz CT molecular complexity index is 1520. The number of rotatable bonds is 8. The zero-order valence-corrected chi connectivity index (χ0v) is 26.5. The number of nitrogens with one attached hydrogen (secondary N) is 6. The van der Waals surface area contributed by atoms with Crippen LogP contribution in [0.3, 0.4) is 0 Å². The average Bonchev–Trinajstić information content (AvgIpc) is 3.01. The molecule has 5 rings (SSSR count). The van der Waals surface area contributed by atoms with Gasteiger partial charge in [0.05, 0.1) is 36.9 Å². The second-order valence-corrected chi connectivity index (χ2v) is 8.76. The molecule has 0 fully saturated rings. The van der Waals surface area contributed by atoms with E-state index in [1.165, 1.54) is 0 Å². The van der Waals surface area contributed by atoms with Gasteiger partial charge < -0.3 is 10.6 Å². The topological polar surface area (TPSA) is 146 Å². The van der Waals surface area contributed by atoms with Crippen molar-refractivity contribution in [3.8, 4) is 0 Å². The van der Waals surface area contributed by atoms with Crippen LogP contribution < -0.4 is 21.5 Å². The van der Waals surface area contributed by atoms with Crippen LogP contribution in [-0.2, 0) is 13.1 Å². The molecule has 0 aliphatic rings. The lowest BCUT2D eigenvalue weighted by atomic mass is 9.92. The van der Waals surface area contributed by atoms with Gasteiger partial charge in [0.15, 0.2) is 0 Å². The van der Waals surface area contributed by atoms with Crippen molar-refractivity contribution in [2.24, 2.45) is 10.2 Å². The molecule has 2 heterocycles. The van der Waals surface area contributed by atoms with Gasteiger partial charge in [-0.3, -0.25) is 20.8 Å². The average molecular weight is 674 g/mol. The summed E-state index contributed by atoms with van der Waals surface area (Å²) < 4.78 is 0. The number of hydrazone groups is 2. The number of aromatic nitrogens is 2. The van der Waals surface area contributed by atoms with Crippen LogP contribution in [0.2, 0.25) is 0 Å². The molecular formula is C30H32Cl4N10. The zero-order chi connectivity index (χ0) is 27.6. The number of fused-ring (bicyclic) bond motifs is 2. The summed E-state index contributed by atoms with van der Waals surface area (Å²) in [5, 5.41) is 34.9. The number of guanidine groups is 2. The van der Waals surface area contributed by atoms with Gasteiger partial charge in [0, 0.05) is 23.5 Å². The highest BCUT2D eigenvalue weighted by atomic mass is 35.5. The molecule has 5 aromatic rings. The minimum Gasteiger partial charge on any atom is -0.349 e. The molecule has 0 bridgehead atoms. The second kappa shape index (κ2) is 18.9. The fraction of sp³-hybridized carbons (Fsp3) is 0.0667. The Morgan fingerprint density at radius 3 is 1.20 bits per heavy atom. The highest BCUT2D eigenvalue weighted by molar-refractivity contribution is 6.21. The number of pyridine rings is 2. The summed E-state index contributed by atoms with van der Waals surface area (Å²) in [6.45, 7) is 0.846. The van der Waals surface area contributed by atoms with Crippen molar-refractivity contribution in [3.63, 3.8) is 0 Å². The van der Waals surface area contributed by atoms with Crippen LogP contribution in [0.5, 0.6) is 0 Å². The predicted molar refractivity (Wildman–Crippen MR) is 190 cm³/mol. The first-order valence-electron chi connectivity index (χ1n) is 12.7. The number of halogens is 4. The zero-order valence-electron chi connectivity index (χ0n) is 23.2. The van der Waals surface area contributed by atoms with Gasteiger partial charge >= 0.3 is 0 Å². The van der Waals surface area contributed by atoms with Gasteiger partial charge in [-0.2, -0.15) is 10.2 Å². The summed E-state index contributed by atoms with van der Waals surface area (Å²) in [4.78, 5) is 8.50. The third kappa shape index (κ3) is 9.78. The van der Waals surface area contributed by atoms with Gasteiger partial charge in [0.25, 0.3) is 0 Å². The third-order valence-electron chi connectivity index (χ3n) is 6.10. The number of benzene rings is 3. The number of hydrogen-bond acceptors (Lipinski definition) is 6. The van der Waals surface area contributed by atoms with Gasteiger partial charge in [-0.25, -0.2) is 10.9 Å². The second-order valence-electron chi connectivity index (χ2n) is 8.76. The van der Waals surface area contributed by atoms with E-state index in [2.05, 4.69) is 41.7 Å². The Labute approximate surface area is 279 Å². The number of nitrogens with zero attached hydrogens (tertiary/aromatic N) is 4. The molecule has 0 aliphatic carbocycles. The van der Waals surface area contributed by atoms with Crippen molar-refractivity contribution in [3.05, 3.63) is 120 Å². The van der Waals surface area contributed by atoms with Crippen LogP contribution in [0.25, 0.3) is 21.5 Å². The molecule has 0 amide bonds. The fourth-order valence-electron chi connectivity index (χ4n) is 4.24. The monoisotopic (exact) mass is 672 g/mol. The molecule has 0 atom stereocenters. The molecule has 14 heteroatoms. The molecule has 230 valence electrons. The van der Waals surface area contributed by atoms with E-state index >= 15 is 0 Å². The first-order valence-corrected chi connectivity index (χ1v) is 12.7. The van der Waals surface area contributed by atoms with Crippen molar-refractivity contribution in [1.29, 1.82) is 10.8 Å². The molecular weight excluding hydrogens is 642 g/mol. The highest BCUT2D eigenvalue weighted by Gasteiger charge is 2.11. The molecule has 6 N–H and O–H groups in total. The molecule has 3 aromatic carbocycles. The minimum atomic E-state index is 0. The minimum absolute atomic E-state index is 0. The quantitative estimate of drug-likeness (QED) is 0.0534. The molecule has 0 saturated heterocycles. The van der Waals surface area contributed by atoms with E-state index < -0.39 is 0 Å². The van der Waals surface area contributed by atoms with Crippen LogP contribution in [0, 0.1) is 10.8 Å². The summed E-state index contributed by atoms with van der Waals surface area (Å²) in [6.07, 6.45) is 6.91. The maximum atomic E-state index is 8.14. The van der Waals surface area contributed by atoms with Crippen molar-refractivity contribution in [2.75, 3.05) is 0 Å². The Morgan fingerprint density at radius 2 is 0.886 bits per heavy atom. The Hall–Kier alpha value is -4.48. The van der Waals surface area contributed by atoms with E-state index in [1.54, 1.807) is 24.8 Å². The van der Waals surface area contributed by atoms with Crippen LogP contribution in [-0.4, -0.2) is 34.3 Å². The first kappa shape index (κ1) is 37.5. The smallest absolute Gasteiger partial charge is 0.209 e. The van der Waals surface area contributed by atoms with Crippen molar-refractivity contribution < 1.29 is 0 Å². The SMILES string of the molecule is Cl.Cl.Cl.Cl.N=C(NCc1ccccn1)NN=Cc1c2ccccc2c(C=NNC(=N)NCc2ccccn2)c2ccccc12. The molecule has 10 nitrogen and oxygen atoms in total. The van der Waals surface area contributed by atoms with E-state index in [0.29, 0.717) is 13.1 Å². The molecule has 0 saturated carbocycles. The lowest BCUT2D eigenvalue weighted by molar-refractivity contribution is 0.815. The van der Waals surface area contributed by atoms with Gasteiger partial charge in [-0.05, 0) is 45.8 Å². The largest absolute Gasteiger partial charge is 0.349 e. The summed E-state index contributed by atoms with van der Waals surface area (Å²) >= 11 is 0. The van der Waals surface area contributed by atoms with E-state index in [9.17, 15) is 0 Å². The summed E-state index contributed by atoms with van der Waals surface area (Å²) in [5.74, 6) is 0.147. The van der Waals surface area contributed by atoms with Crippen LogP contribution >= 0.6 is 49.6 Å². The van der Waals surface area contributed by atoms with Crippen LogP contribution in [0.1, 0.15) is 22.5 Å². The highest BCUT2D eigenvalue weighted by Crippen LogP contribution is 2.31. The Morgan fingerprint density at radius 1 is 0.545 bits per heavy atom. The normalized spacial score (nSPS) is 10.2. The van der Waals surface area contributed by atoms with E-state index in [0.717, 1.165) is 44.1 Å². The molecule has 0 unspecified atom stereocenters. The lowest BCUT2D eigenvalue weighted by Gasteiger charge is -2.13. The molecule has 0 spiro atoms.